The van der Waals surface area contributed by atoms with Crippen LogP contribution in [-0.2, 0) is 0 Å². The maximum atomic E-state index is 11.6. The smallest absolute Gasteiger partial charge is 0.353 e. The summed E-state index contributed by atoms with van der Waals surface area (Å²) in [5.41, 5.74) is -0.0215. The number of piperazine rings is 1. The monoisotopic (exact) mass is 324 g/mol. The van der Waals surface area contributed by atoms with Crippen LogP contribution in [-0.4, -0.2) is 77.3 Å². The van der Waals surface area contributed by atoms with Crippen molar-refractivity contribution >= 4 is 17.3 Å². The molecule has 0 aliphatic carbocycles. The molecule has 0 amide bonds. The highest BCUT2D eigenvalue weighted by atomic mass is 16.6. The summed E-state index contributed by atoms with van der Waals surface area (Å²) in [5, 5.41) is 20.6. The molecule has 0 atom stereocenters. The second-order valence-corrected chi connectivity index (χ2v) is 5.35. The summed E-state index contributed by atoms with van der Waals surface area (Å²) in [4.78, 5) is 25.5. The summed E-state index contributed by atoms with van der Waals surface area (Å²) in [5.74, 6) is 0.762. The lowest BCUT2D eigenvalue weighted by Crippen LogP contribution is -2.47. The van der Waals surface area contributed by atoms with Gasteiger partial charge in [-0.25, -0.2) is 9.97 Å². The van der Waals surface area contributed by atoms with Crippen LogP contribution in [0.15, 0.2) is 6.33 Å². The Morgan fingerprint density at radius 2 is 1.91 bits per heavy atom. The molecule has 0 saturated carbocycles. The first-order valence-electron chi connectivity index (χ1n) is 7.94. The lowest BCUT2D eigenvalue weighted by molar-refractivity contribution is -0.383. The summed E-state index contributed by atoms with van der Waals surface area (Å²) >= 11 is 0. The molecule has 1 fully saturated rings. The van der Waals surface area contributed by atoms with Crippen LogP contribution in [0, 0.1) is 10.1 Å². The molecule has 1 aromatic heterocycles. The molecule has 2 rings (SSSR count). The third kappa shape index (κ3) is 3.85. The third-order valence-corrected chi connectivity index (χ3v) is 4.12. The zero-order valence-corrected chi connectivity index (χ0v) is 13.7. The van der Waals surface area contributed by atoms with Gasteiger partial charge in [-0.1, -0.05) is 0 Å². The van der Waals surface area contributed by atoms with E-state index in [0.29, 0.717) is 44.4 Å². The number of hydrogen-bond acceptors (Lipinski definition) is 8. The van der Waals surface area contributed by atoms with Crippen molar-refractivity contribution in [1.82, 2.24) is 14.9 Å². The van der Waals surface area contributed by atoms with Crippen LogP contribution in [0.3, 0.4) is 0 Å². The van der Waals surface area contributed by atoms with Crippen molar-refractivity contribution in [2.24, 2.45) is 0 Å². The summed E-state index contributed by atoms with van der Waals surface area (Å²) in [6.45, 7) is 8.75. The van der Waals surface area contributed by atoms with E-state index in [0.717, 1.165) is 13.1 Å². The molecule has 1 N–H and O–H groups in total. The Kier molecular flexibility index (Phi) is 6.05. The molecular formula is C14H24N6O3. The molecule has 0 spiro atoms. The van der Waals surface area contributed by atoms with Gasteiger partial charge in [0.15, 0.2) is 0 Å². The highest BCUT2D eigenvalue weighted by molar-refractivity contribution is 5.71. The van der Waals surface area contributed by atoms with Gasteiger partial charge < -0.3 is 14.9 Å². The highest BCUT2D eigenvalue weighted by Gasteiger charge is 2.30. The number of aromatic nitrogens is 2. The standard InChI is InChI=1S/C14H24N6O3/c1-3-18(4-2)13-12(20(22)23)14(16-11-15-13)19-7-5-17(6-8-19)9-10-21/h11,21H,3-10H2,1-2H3. The van der Waals surface area contributed by atoms with Gasteiger partial charge in [0.2, 0.25) is 11.6 Å². The minimum absolute atomic E-state index is 0.0215. The van der Waals surface area contributed by atoms with E-state index in [2.05, 4.69) is 14.9 Å². The van der Waals surface area contributed by atoms with E-state index in [1.54, 1.807) is 0 Å². The largest absolute Gasteiger partial charge is 0.395 e. The fourth-order valence-electron chi connectivity index (χ4n) is 2.83. The first kappa shape index (κ1) is 17.4. The first-order valence-corrected chi connectivity index (χ1v) is 7.94. The van der Waals surface area contributed by atoms with Gasteiger partial charge in [-0.2, -0.15) is 0 Å². The van der Waals surface area contributed by atoms with Crippen LogP contribution < -0.4 is 9.80 Å². The molecule has 128 valence electrons. The van der Waals surface area contributed by atoms with Gasteiger partial charge in [0.1, 0.15) is 6.33 Å². The van der Waals surface area contributed by atoms with E-state index >= 15 is 0 Å². The van der Waals surface area contributed by atoms with Gasteiger partial charge in [0, 0.05) is 45.8 Å². The average Bonchev–Trinajstić information content (AvgIpc) is 2.56. The van der Waals surface area contributed by atoms with E-state index in [-0.39, 0.29) is 17.2 Å². The molecule has 23 heavy (non-hydrogen) atoms. The van der Waals surface area contributed by atoms with Crippen LogP contribution in [0.5, 0.6) is 0 Å². The molecule has 9 heteroatoms. The molecule has 9 nitrogen and oxygen atoms in total. The van der Waals surface area contributed by atoms with Gasteiger partial charge >= 0.3 is 5.69 Å². The van der Waals surface area contributed by atoms with Crippen LogP contribution in [0.1, 0.15) is 13.8 Å². The van der Waals surface area contributed by atoms with Crippen LogP contribution in [0.4, 0.5) is 17.3 Å². The Morgan fingerprint density at radius 1 is 1.26 bits per heavy atom. The number of nitro groups is 1. The molecule has 0 bridgehead atoms. The zero-order valence-electron chi connectivity index (χ0n) is 13.7. The molecule has 2 heterocycles. The summed E-state index contributed by atoms with van der Waals surface area (Å²) < 4.78 is 0. The lowest BCUT2D eigenvalue weighted by Gasteiger charge is -2.35. The third-order valence-electron chi connectivity index (χ3n) is 4.12. The number of rotatable bonds is 7. The first-order chi connectivity index (χ1) is 11.1. The van der Waals surface area contributed by atoms with Gasteiger partial charge in [-0.05, 0) is 13.8 Å². The normalized spacial score (nSPS) is 15.7. The van der Waals surface area contributed by atoms with Crippen molar-refractivity contribution in [2.75, 3.05) is 62.2 Å². The second-order valence-electron chi connectivity index (χ2n) is 5.35. The Labute approximate surface area is 135 Å². The van der Waals surface area contributed by atoms with E-state index in [9.17, 15) is 10.1 Å². The Bertz CT molecular complexity index is 529. The average molecular weight is 324 g/mol. The Balaban J connectivity index is 2.28. The second kappa shape index (κ2) is 8.02. The number of hydrogen-bond donors (Lipinski definition) is 1. The Hall–Kier alpha value is -2.00. The number of aliphatic hydroxyl groups excluding tert-OH is 1. The molecule has 0 unspecified atom stereocenters. The van der Waals surface area contributed by atoms with Crippen molar-refractivity contribution in [3.63, 3.8) is 0 Å². The van der Waals surface area contributed by atoms with Crippen LogP contribution in [0.25, 0.3) is 0 Å². The van der Waals surface area contributed by atoms with Crippen molar-refractivity contribution in [1.29, 1.82) is 0 Å². The highest BCUT2D eigenvalue weighted by Crippen LogP contribution is 2.34. The van der Waals surface area contributed by atoms with Crippen molar-refractivity contribution in [2.45, 2.75) is 13.8 Å². The van der Waals surface area contributed by atoms with E-state index < -0.39 is 0 Å². The van der Waals surface area contributed by atoms with Crippen molar-refractivity contribution < 1.29 is 10.0 Å². The summed E-state index contributed by atoms with van der Waals surface area (Å²) in [6.07, 6.45) is 1.40. The van der Waals surface area contributed by atoms with E-state index in [4.69, 9.17) is 5.11 Å². The van der Waals surface area contributed by atoms with Crippen molar-refractivity contribution in [3.05, 3.63) is 16.4 Å². The van der Waals surface area contributed by atoms with Crippen molar-refractivity contribution in [3.8, 4) is 0 Å². The minimum Gasteiger partial charge on any atom is -0.395 e. The SMILES string of the molecule is CCN(CC)c1ncnc(N2CCN(CCO)CC2)c1[N+](=O)[O-]. The van der Waals surface area contributed by atoms with Gasteiger partial charge in [-0.3, -0.25) is 15.0 Å². The van der Waals surface area contributed by atoms with Crippen LogP contribution >= 0.6 is 0 Å². The molecule has 1 aliphatic heterocycles. The van der Waals surface area contributed by atoms with E-state index in [1.165, 1.54) is 6.33 Å². The number of anilines is 2. The molecule has 0 radical (unpaired) electrons. The predicted molar refractivity (Wildman–Crippen MR) is 88.0 cm³/mol. The summed E-state index contributed by atoms with van der Waals surface area (Å²) in [6, 6.07) is 0. The molecular weight excluding hydrogens is 300 g/mol. The number of β-amino-alcohol motifs (C(OH)–C–C–N with tert-alkyl or cyclic N) is 1. The minimum atomic E-state index is -0.386. The van der Waals surface area contributed by atoms with Gasteiger partial charge in [0.25, 0.3) is 0 Å². The van der Waals surface area contributed by atoms with Gasteiger partial charge in [-0.15, -0.1) is 0 Å². The quantitative estimate of drug-likeness (QED) is 0.566. The lowest BCUT2D eigenvalue weighted by atomic mass is 10.3. The topological polar surface area (TPSA) is 98.9 Å². The maximum Gasteiger partial charge on any atom is 0.353 e. The molecule has 0 aromatic carbocycles. The number of aliphatic hydroxyl groups is 1. The number of nitrogens with zero attached hydrogens (tertiary/aromatic N) is 6. The predicted octanol–water partition coefficient (Wildman–Crippen LogP) is 0.345. The molecule has 1 aromatic rings. The Morgan fingerprint density at radius 3 is 2.43 bits per heavy atom. The fourth-order valence-corrected chi connectivity index (χ4v) is 2.83. The fraction of sp³-hybridized carbons (Fsp3) is 0.714. The zero-order chi connectivity index (χ0) is 16.8. The van der Waals surface area contributed by atoms with Gasteiger partial charge in [0.05, 0.1) is 11.5 Å². The summed E-state index contributed by atoms with van der Waals surface area (Å²) in [7, 11) is 0. The maximum absolute atomic E-state index is 11.6. The van der Waals surface area contributed by atoms with E-state index in [1.807, 2.05) is 23.6 Å². The molecule has 1 saturated heterocycles. The van der Waals surface area contributed by atoms with Crippen LogP contribution in [0.2, 0.25) is 0 Å². The molecule has 1 aliphatic rings.